The van der Waals surface area contributed by atoms with Crippen molar-refractivity contribution in [2.24, 2.45) is 0 Å². The van der Waals surface area contributed by atoms with E-state index >= 15 is 0 Å². The van der Waals surface area contributed by atoms with E-state index in [1.54, 1.807) is 24.4 Å². The van der Waals surface area contributed by atoms with Crippen LogP contribution < -0.4 is 9.64 Å². The Labute approximate surface area is 187 Å². The number of anilines is 1. The fourth-order valence-corrected chi connectivity index (χ4v) is 3.72. The van der Waals surface area contributed by atoms with Crippen molar-refractivity contribution in [3.63, 3.8) is 0 Å². The molecule has 1 fully saturated rings. The normalized spacial score (nSPS) is 14.3. The zero-order chi connectivity index (χ0) is 22.3. The maximum Gasteiger partial charge on any atom is 0.254 e. The zero-order valence-corrected chi connectivity index (χ0v) is 18.0. The molecule has 1 aromatic heterocycles. The quantitative estimate of drug-likeness (QED) is 0.477. The van der Waals surface area contributed by atoms with Gasteiger partial charge in [-0.2, -0.15) is 5.10 Å². The highest BCUT2D eigenvalue weighted by Gasteiger charge is 2.25. The third-order valence-electron chi connectivity index (χ3n) is 5.36. The largest absolute Gasteiger partial charge is 0.504 e. The number of amides is 1. The van der Waals surface area contributed by atoms with Crippen LogP contribution in [-0.2, 0) is 4.79 Å². The van der Waals surface area contributed by atoms with Crippen LogP contribution in [0, 0.1) is 0 Å². The monoisotopic (exact) mass is 430 g/mol. The lowest BCUT2D eigenvalue weighted by Gasteiger charge is -2.35. The highest BCUT2D eigenvalue weighted by Crippen LogP contribution is 2.29. The van der Waals surface area contributed by atoms with Crippen molar-refractivity contribution in [1.29, 1.82) is 0 Å². The summed E-state index contributed by atoms with van der Waals surface area (Å²) in [4.78, 5) is 17.6. The van der Waals surface area contributed by atoms with Crippen molar-refractivity contribution in [3.8, 4) is 11.5 Å². The average molecular weight is 431 g/mol. The van der Waals surface area contributed by atoms with Crippen LogP contribution in [-0.4, -0.2) is 58.9 Å². The van der Waals surface area contributed by atoms with Gasteiger partial charge in [0.15, 0.2) is 17.3 Å². The molecule has 0 saturated carbocycles. The highest BCUT2D eigenvalue weighted by atomic mass is 16.5. The molecule has 2 heterocycles. The molecule has 0 unspecified atom stereocenters. The number of rotatable bonds is 6. The molecular weight excluding hydrogens is 404 g/mol. The maximum absolute atomic E-state index is 13.6. The number of carbonyl (C=O) groups is 1. The van der Waals surface area contributed by atoms with Gasteiger partial charge in [0.05, 0.1) is 6.61 Å². The molecule has 7 nitrogen and oxygen atoms in total. The van der Waals surface area contributed by atoms with Crippen LogP contribution in [0.2, 0.25) is 0 Å². The van der Waals surface area contributed by atoms with Crippen molar-refractivity contribution in [2.45, 2.75) is 6.92 Å². The van der Waals surface area contributed by atoms with Gasteiger partial charge >= 0.3 is 0 Å². The van der Waals surface area contributed by atoms with Crippen LogP contribution in [0.3, 0.4) is 0 Å². The van der Waals surface area contributed by atoms with E-state index in [0.29, 0.717) is 44.1 Å². The van der Waals surface area contributed by atoms with E-state index < -0.39 is 0 Å². The molecule has 3 aromatic rings. The molecule has 1 N–H and O–H groups in total. The predicted octanol–water partition coefficient (Wildman–Crippen LogP) is 3.47. The number of benzene rings is 2. The summed E-state index contributed by atoms with van der Waals surface area (Å²) in [7, 11) is 0. The number of phenols is 1. The minimum atomic E-state index is -0.0268. The molecule has 32 heavy (non-hydrogen) atoms. The molecule has 164 valence electrons. The van der Waals surface area contributed by atoms with Gasteiger partial charge in [0, 0.05) is 37.9 Å². The molecule has 1 amide bonds. The number of aromatic hydroxyl groups is 1. The van der Waals surface area contributed by atoms with Crippen LogP contribution in [0.1, 0.15) is 18.1 Å². The smallest absolute Gasteiger partial charge is 0.254 e. The second-order valence-electron chi connectivity index (χ2n) is 7.45. The van der Waals surface area contributed by atoms with Crippen molar-refractivity contribution < 1.29 is 14.6 Å². The highest BCUT2D eigenvalue weighted by molar-refractivity contribution is 6.24. The predicted molar refractivity (Wildman–Crippen MR) is 124 cm³/mol. The molecule has 0 aliphatic carbocycles. The van der Waals surface area contributed by atoms with Gasteiger partial charge in [-0.1, -0.05) is 36.4 Å². The van der Waals surface area contributed by atoms with E-state index in [-0.39, 0.29) is 11.7 Å². The van der Waals surface area contributed by atoms with E-state index in [1.807, 2.05) is 60.4 Å². The Hall–Kier alpha value is -3.87. The number of hydrogen-bond donors (Lipinski definition) is 1. The Morgan fingerprint density at radius 2 is 1.84 bits per heavy atom. The number of hydrogen-bond acceptors (Lipinski definition) is 6. The summed E-state index contributed by atoms with van der Waals surface area (Å²) in [5.41, 5.74) is 2.24. The molecule has 2 aromatic carbocycles. The first kappa shape index (κ1) is 21.4. The molecule has 7 heteroatoms. The van der Waals surface area contributed by atoms with Gasteiger partial charge < -0.3 is 19.6 Å². The average Bonchev–Trinajstić information content (AvgIpc) is 2.85. The minimum absolute atomic E-state index is 0.0268. The first-order valence-electron chi connectivity index (χ1n) is 10.7. The van der Waals surface area contributed by atoms with Crippen molar-refractivity contribution in [2.75, 3.05) is 37.7 Å². The van der Waals surface area contributed by atoms with E-state index in [0.717, 1.165) is 16.9 Å². The lowest BCUT2D eigenvalue weighted by atomic mass is 10.0. The van der Waals surface area contributed by atoms with Crippen LogP contribution in [0.25, 0.3) is 11.6 Å². The van der Waals surface area contributed by atoms with E-state index in [4.69, 9.17) is 4.74 Å². The summed E-state index contributed by atoms with van der Waals surface area (Å²) in [5.74, 6) is 1.28. The fraction of sp³-hybridized carbons (Fsp3) is 0.240. The summed E-state index contributed by atoms with van der Waals surface area (Å²) in [5, 5.41) is 18.1. The molecule has 0 bridgehead atoms. The molecule has 1 aliphatic heterocycles. The molecule has 0 atom stereocenters. The van der Waals surface area contributed by atoms with Gasteiger partial charge in [0.2, 0.25) is 0 Å². The van der Waals surface area contributed by atoms with Crippen molar-refractivity contribution in [3.05, 3.63) is 78.0 Å². The second-order valence-corrected chi connectivity index (χ2v) is 7.45. The van der Waals surface area contributed by atoms with Gasteiger partial charge in [-0.15, -0.1) is 5.10 Å². The number of ether oxygens (including phenoxy) is 1. The SMILES string of the molecule is CCOc1cc(/C=C(/C(=O)N2CCN(c3cccnn3)CC2)c2ccccc2)ccc1O. The topological polar surface area (TPSA) is 78.8 Å². The molecule has 4 rings (SSSR count). The van der Waals surface area contributed by atoms with Gasteiger partial charge in [-0.05, 0) is 48.4 Å². The summed E-state index contributed by atoms with van der Waals surface area (Å²) in [6.45, 7) is 4.89. The van der Waals surface area contributed by atoms with Crippen LogP contribution in [0.5, 0.6) is 11.5 Å². The van der Waals surface area contributed by atoms with Gasteiger partial charge in [-0.25, -0.2) is 0 Å². The van der Waals surface area contributed by atoms with Crippen molar-refractivity contribution >= 4 is 23.4 Å². The van der Waals surface area contributed by atoms with Gasteiger partial charge in [-0.3, -0.25) is 4.79 Å². The number of nitrogens with zero attached hydrogens (tertiary/aromatic N) is 4. The number of phenolic OH excluding ortho intramolecular Hbond substituents is 1. The van der Waals surface area contributed by atoms with E-state index in [2.05, 4.69) is 15.1 Å². The summed E-state index contributed by atoms with van der Waals surface area (Å²) in [6, 6.07) is 18.6. The van der Waals surface area contributed by atoms with Gasteiger partial charge in [0.1, 0.15) is 0 Å². The third kappa shape index (κ3) is 4.88. The number of piperazine rings is 1. The molecule has 0 radical (unpaired) electrons. The lowest BCUT2D eigenvalue weighted by Crippen LogP contribution is -2.49. The molecule has 1 aliphatic rings. The fourth-order valence-electron chi connectivity index (χ4n) is 3.72. The lowest BCUT2D eigenvalue weighted by molar-refractivity contribution is -0.125. The van der Waals surface area contributed by atoms with E-state index in [1.165, 1.54) is 0 Å². The van der Waals surface area contributed by atoms with Gasteiger partial charge in [0.25, 0.3) is 5.91 Å². The number of carbonyl (C=O) groups excluding carboxylic acids is 1. The Kier molecular flexibility index (Phi) is 6.65. The maximum atomic E-state index is 13.6. The van der Waals surface area contributed by atoms with Crippen LogP contribution in [0.15, 0.2) is 66.9 Å². The first-order chi connectivity index (χ1) is 15.7. The van der Waals surface area contributed by atoms with Crippen molar-refractivity contribution in [1.82, 2.24) is 15.1 Å². The summed E-state index contributed by atoms with van der Waals surface area (Å²) < 4.78 is 5.50. The van der Waals surface area contributed by atoms with E-state index in [9.17, 15) is 9.90 Å². The standard InChI is InChI=1S/C25H26N4O3/c1-2-32-23-18-19(10-11-22(23)30)17-21(20-7-4-3-5-8-20)25(31)29-15-13-28(14-16-29)24-9-6-12-26-27-24/h3-12,17-18,30H,2,13-16H2,1H3/b21-17+. The van der Waals surface area contributed by atoms with Crippen LogP contribution in [0.4, 0.5) is 5.82 Å². The Morgan fingerprint density at radius 3 is 2.53 bits per heavy atom. The van der Waals surface area contributed by atoms with Crippen LogP contribution >= 0.6 is 0 Å². The minimum Gasteiger partial charge on any atom is -0.504 e. The Bertz CT molecular complexity index is 1080. The third-order valence-corrected chi connectivity index (χ3v) is 5.36. The Morgan fingerprint density at radius 1 is 1.06 bits per heavy atom. The number of aromatic nitrogens is 2. The summed E-state index contributed by atoms with van der Waals surface area (Å²) >= 11 is 0. The first-order valence-corrected chi connectivity index (χ1v) is 10.7. The Balaban J connectivity index is 1.58. The summed E-state index contributed by atoms with van der Waals surface area (Å²) in [6.07, 6.45) is 3.51. The molecule has 1 saturated heterocycles. The molecular formula is C25H26N4O3. The molecule has 0 spiro atoms. The second kappa shape index (κ2) is 9.96. The zero-order valence-electron chi connectivity index (χ0n) is 18.0.